The second-order valence-corrected chi connectivity index (χ2v) is 8.09. The summed E-state index contributed by atoms with van der Waals surface area (Å²) in [5.41, 5.74) is 4.22. The molecule has 7 heteroatoms. The van der Waals surface area contributed by atoms with Crippen LogP contribution in [0.4, 0.5) is 5.69 Å². The minimum absolute atomic E-state index is 0.0402. The number of fused-ring (bicyclic) bond motifs is 1. The van der Waals surface area contributed by atoms with Crippen LogP contribution < -0.4 is 14.8 Å². The summed E-state index contributed by atoms with van der Waals surface area (Å²) >= 11 is 6.29. The van der Waals surface area contributed by atoms with Crippen LogP contribution in [0.5, 0.6) is 11.5 Å². The molecule has 1 saturated heterocycles. The summed E-state index contributed by atoms with van der Waals surface area (Å²) in [4.78, 5) is 17.1. The zero-order chi connectivity index (χ0) is 20.4. The van der Waals surface area contributed by atoms with Crippen molar-refractivity contribution in [2.45, 2.75) is 20.4 Å². The maximum Gasteiger partial charge on any atom is 0.238 e. The molecule has 0 unspecified atom stereocenters. The third-order valence-corrected chi connectivity index (χ3v) is 5.75. The van der Waals surface area contributed by atoms with Crippen molar-refractivity contribution in [1.82, 2.24) is 9.80 Å². The summed E-state index contributed by atoms with van der Waals surface area (Å²) in [6.45, 7) is 9.01. The maximum atomic E-state index is 12.5. The van der Waals surface area contributed by atoms with Crippen molar-refractivity contribution in [2.24, 2.45) is 0 Å². The third-order valence-electron chi connectivity index (χ3n) is 5.47. The number of rotatable bonds is 5. The summed E-state index contributed by atoms with van der Waals surface area (Å²) in [6.07, 6.45) is 0. The predicted molar refractivity (Wildman–Crippen MR) is 114 cm³/mol. The fourth-order valence-electron chi connectivity index (χ4n) is 3.87. The van der Waals surface area contributed by atoms with Gasteiger partial charge in [0, 0.05) is 38.4 Å². The van der Waals surface area contributed by atoms with E-state index in [9.17, 15) is 4.79 Å². The van der Waals surface area contributed by atoms with Crippen LogP contribution in [0, 0.1) is 13.8 Å². The lowest BCUT2D eigenvalue weighted by atomic mass is 10.1. The highest BCUT2D eigenvalue weighted by Gasteiger charge is 2.22. The number of amides is 1. The van der Waals surface area contributed by atoms with Crippen molar-refractivity contribution in [3.63, 3.8) is 0 Å². The van der Waals surface area contributed by atoms with Crippen molar-refractivity contribution in [1.29, 1.82) is 0 Å². The van der Waals surface area contributed by atoms with Gasteiger partial charge in [0.05, 0.1) is 11.6 Å². The number of hydrogen-bond acceptors (Lipinski definition) is 5. The Bertz CT molecular complexity index is 890. The fraction of sp³-hybridized carbons (Fsp3) is 0.409. The van der Waals surface area contributed by atoms with Gasteiger partial charge in [-0.25, -0.2) is 0 Å². The molecule has 154 valence electrons. The highest BCUT2D eigenvalue weighted by molar-refractivity contribution is 6.32. The summed E-state index contributed by atoms with van der Waals surface area (Å²) in [6, 6.07) is 9.98. The van der Waals surface area contributed by atoms with Crippen LogP contribution in [0.2, 0.25) is 5.02 Å². The molecule has 2 aliphatic heterocycles. The van der Waals surface area contributed by atoms with Crippen molar-refractivity contribution in [3.05, 3.63) is 52.0 Å². The Hall–Kier alpha value is -2.28. The first-order valence-corrected chi connectivity index (χ1v) is 10.3. The second kappa shape index (κ2) is 8.61. The first kappa shape index (κ1) is 20.0. The molecule has 1 N–H and O–H groups in total. The third kappa shape index (κ3) is 4.66. The number of anilines is 1. The average molecular weight is 416 g/mol. The molecule has 2 aromatic rings. The van der Waals surface area contributed by atoms with E-state index in [0.29, 0.717) is 23.1 Å². The van der Waals surface area contributed by atoms with Crippen LogP contribution >= 0.6 is 11.6 Å². The monoisotopic (exact) mass is 415 g/mol. The highest BCUT2D eigenvalue weighted by atomic mass is 35.5. The quantitative estimate of drug-likeness (QED) is 0.810. The maximum absolute atomic E-state index is 12.5. The van der Waals surface area contributed by atoms with Gasteiger partial charge in [0.25, 0.3) is 0 Å². The topological polar surface area (TPSA) is 54.0 Å². The van der Waals surface area contributed by atoms with Gasteiger partial charge >= 0.3 is 0 Å². The second-order valence-electron chi connectivity index (χ2n) is 7.68. The molecule has 2 heterocycles. The number of para-hydroxylation sites is 1. The largest absolute Gasteiger partial charge is 0.454 e. The Morgan fingerprint density at radius 1 is 1.07 bits per heavy atom. The Labute approximate surface area is 176 Å². The number of benzene rings is 2. The molecule has 29 heavy (non-hydrogen) atoms. The zero-order valence-corrected chi connectivity index (χ0v) is 17.6. The van der Waals surface area contributed by atoms with Gasteiger partial charge in [-0.1, -0.05) is 29.8 Å². The summed E-state index contributed by atoms with van der Waals surface area (Å²) in [7, 11) is 0. The molecule has 0 spiro atoms. The molecular formula is C22H26ClN3O3. The Morgan fingerprint density at radius 2 is 1.76 bits per heavy atom. The number of ether oxygens (including phenoxy) is 2. The Kier molecular flexibility index (Phi) is 5.94. The smallest absolute Gasteiger partial charge is 0.238 e. The molecule has 0 aromatic heterocycles. The molecule has 1 amide bonds. The first-order valence-electron chi connectivity index (χ1n) is 9.88. The van der Waals surface area contributed by atoms with E-state index in [2.05, 4.69) is 15.1 Å². The van der Waals surface area contributed by atoms with Gasteiger partial charge in [-0.05, 0) is 42.7 Å². The molecule has 1 fully saturated rings. The SMILES string of the molecule is Cc1cccc(C)c1NC(=O)CN1CCN(Cc2cc(Cl)c3c(c2)OCO3)CC1. The van der Waals surface area contributed by atoms with E-state index in [-0.39, 0.29) is 12.7 Å². The number of hydrogen-bond donors (Lipinski definition) is 1. The normalized spacial score (nSPS) is 16.8. The molecule has 0 radical (unpaired) electrons. The molecule has 2 aliphatic rings. The van der Waals surface area contributed by atoms with E-state index in [1.165, 1.54) is 0 Å². The highest BCUT2D eigenvalue weighted by Crippen LogP contribution is 2.40. The number of carbonyl (C=O) groups is 1. The first-order chi connectivity index (χ1) is 14.0. The van der Waals surface area contributed by atoms with Gasteiger partial charge < -0.3 is 14.8 Å². The minimum Gasteiger partial charge on any atom is -0.454 e. The fourth-order valence-corrected chi connectivity index (χ4v) is 4.16. The number of carbonyl (C=O) groups excluding carboxylic acids is 1. The molecule has 0 aliphatic carbocycles. The number of nitrogens with zero attached hydrogens (tertiary/aromatic N) is 2. The molecule has 0 saturated carbocycles. The molecule has 0 bridgehead atoms. The zero-order valence-electron chi connectivity index (χ0n) is 16.8. The summed E-state index contributed by atoms with van der Waals surface area (Å²) in [5, 5.41) is 3.67. The molecular weight excluding hydrogens is 390 g/mol. The van der Waals surface area contributed by atoms with Gasteiger partial charge in [0.15, 0.2) is 11.5 Å². The van der Waals surface area contributed by atoms with E-state index in [1.807, 2.05) is 44.2 Å². The van der Waals surface area contributed by atoms with Gasteiger partial charge in [-0.15, -0.1) is 0 Å². The van der Waals surface area contributed by atoms with Crippen molar-refractivity contribution < 1.29 is 14.3 Å². The number of nitrogens with one attached hydrogen (secondary N) is 1. The number of piperazine rings is 1. The van der Waals surface area contributed by atoms with E-state index in [4.69, 9.17) is 21.1 Å². The lowest BCUT2D eigenvalue weighted by Gasteiger charge is -2.34. The standard InChI is InChI=1S/C22H26ClN3O3/c1-15-4-3-5-16(2)21(15)24-20(27)13-26-8-6-25(7-9-26)12-17-10-18(23)22-19(11-17)28-14-29-22/h3-5,10-11H,6-9,12-14H2,1-2H3,(H,24,27). The average Bonchev–Trinajstić information content (AvgIpc) is 3.16. The Morgan fingerprint density at radius 3 is 2.48 bits per heavy atom. The van der Waals surface area contributed by atoms with Crippen LogP contribution in [0.1, 0.15) is 16.7 Å². The van der Waals surface area contributed by atoms with Crippen molar-refractivity contribution >= 4 is 23.2 Å². The van der Waals surface area contributed by atoms with Crippen LogP contribution in [0.3, 0.4) is 0 Å². The van der Waals surface area contributed by atoms with E-state index >= 15 is 0 Å². The van der Waals surface area contributed by atoms with Crippen LogP contribution in [0.25, 0.3) is 0 Å². The summed E-state index contributed by atoms with van der Waals surface area (Å²) in [5.74, 6) is 1.39. The van der Waals surface area contributed by atoms with Gasteiger partial charge in [0.1, 0.15) is 0 Å². The lowest BCUT2D eigenvalue weighted by molar-refractivity contribution is -0.117. The molecule has 2 aromatic carbocycles. The number of halogens is 1. The predicted octanol–water partition coefficient (Wildman–Crippen LogP) is 3.44. The van der Waals surface area contributed by atoms with E-state index in [1.54, 1.807) is 0 Å². The van der Waals surface area contributed by atoms with Gasteiger partial charge in [-0.2, -0.15) is 0 Å². The van der Waals surface area contributed by atoms with E-state index < -0.39 is 0 Å². The van der Waals surface area contributed by atoms with Gasteiger partial charge in [0.2, 0.25) is 12.7 Å². The van der Waals surface area contributed by atoms with Crippen molar-refractivity contribution in [3.8, 4) is 11.5 Å². The van der Waals surface area contributed by atoms with Gasteiger partial charge in [-0.3, -0.25) is 14.6 Å². The molecule has 6 nitrogen and oxygen atoms in total. The molecule has 0 atom stereocenters. The van der Waals surface area contributed by atoms with Crippen LogP contribution in [-0.4, -0.2) is 55.2 Å². The number of aryl methyl sites for hydroxylation is 2. The minimum atomic E-state index is 0.0402. The van der Waals surface area contributed by atoms with E-state index in [0.717, 1.165) is 55.1 Å². The lowest BCUT2D eigenvalue weighted by Crippen LogP contribution is -2.48. The van der Waals surface area contributed by atoms with Crippen molar-refractivity contribution in [2.75, 3.05) is 44.8 Å². The summed E-state index contributed by atoms with van der Waals surface area (Å²) < 4.78 is 10.8. The van der Waals surface area contributed by atoms with Crippen LogP contribution in [-0.2, 0) is 11.3 Å². The molecule has 4 rings (SSSR count). The van der Waals surface area contributed by atoms with Crippen LogP contribution in [0.15, 0.2) is 30.3 Å². The Balaban J connectivity index is 1.27.